The van der Waals surface area contributed by atoms with Crippen LogP contribution in [0.2, 0.25) is 0 Å². The molecule has 0 spiro atoms. The van der Waals surface area contributed by atoms with Crippen LogP contribution in [0.4, 0.5) is 5.69 Å². The van der Waals surface area contributed by atoms with Crippen molar-refractivity contribution >= 4 is 11.7 Å². The molecule has 1 aromatic heterocycles. The normalized spacial score (nSPS) is 9.50. The van der Waals surface area contributed by atoms with Crippen LogP contribution in [0.3, 0.4) is 0 Å². The van der Waals surface area contributed by atoms with Gasteiger partial charge in [0.15, 0.2) is 5.69 Å². The number of esters is 1. The molecule has 0 aliphatic heterocycles. The first kappa shape index (κ1) is 9.90. The quantitative estimate of drug-likeness (QED) is 0.421. The zero-order valence-electron chi connectivity index (χ0n) is 7.13. The molecule has 0 aliphatic rings. The fourth-order valence-electron chi connectivity index (χ4n) is 0.837. The molecule has 0 aromatic carbocycles. The third-order valence-corrected chi connectivity index (χ3v) is 1.48. The Morgan fingerprint density at radius 2 is 2.36 bits per heavy atom. The molecular weight excluding hydrogens is 192 g/mol. The van der Waals surface area contributed by atoms with E-state index in [0.29, 0.717) is 0 Å². The monoisotopic (exact) mass is 198 g/mol. The van der Waals surface area contributed by atoms with Gasteiger partial charge < -0.3 is 9.84 Å². The van der Waals surface area contributed by atoms with Crippen LogP contribution >= 0.6 is 0 Å². The van der Waals surface area contributed by atoms with E-state index in [0.717, 1.165) is 19.4 Å². The van der Waals surface area contributed by atoms with Crippen LogP contribution in [0.5, 0.6) is 5.75 Å². The predicted molar refractivity (Wildman–Crippen MR) is 43.9 cm³/mol. The summed E-state index contributed by atoms with van der Waals surface area (Å²) in [6.07, 6.45) is 1.05. The molecular formula is C7H6N2O5. The highest BCUT2D eigenvalue weighted by Gasteiger charge is 2.22. The third-order valence-electron chi connectivity index (χ3n) is 1.48. The van der Waals surface area contributed by atoms with Crippen LogP contribution in [0, 0.1) is 10.1 Å². The molecule has 1 heterocycles. The van der Waals surface area contributed by atoms with E-state index < -0.39 is 28.0 Å². The second-order valence-corrected chi connectivity index (χ2v) is 2.28. The maximum Gasteiger partial charge on any atom is 0.360 e. The summed E-state index contributed by atoms with van der Waals surface area (Å²) >= 11 is 0. The highest BCUT2D eigenvalue weighted by atomic mass is 16.6. The maximum atomic E-state index is 10.9. The summed E-state index contributed by atoms with van der Waals surface area (Å²) in [5.41, 5.74) is -1.05. The minimum Gasteiger partial charge on any atom is -0.500 e. The van der Waals surface area contributed by atoms with Gasteiger partial charge in [0.1, 0.15) is 0 Å². The number of ether oxygens (including phenoxy) is 1. The van der Waals surface area contributed by atoms with Crippen molar-refractivity contribution in [2.24, 2.45) is 0 Å². The van der Waals surface area contributed by atoms with Crippen LogP contribution < -0.4 is 0 Å². The first-order chi connectivity index (χ1) is 6.57. The molecule has 0 unspecified atom stereocenters. The molecule has 7 nitrogen and oxygen atoms in total. The zero-order valence-corrected chi connectivity index (χ0v) is 7.13. The van der Waals surface area contributed by atoms with E-state index in [1.165, 1.54) is 0 Å². The number of hydrogen-bond acceptors (Lipinski definition) is 6. The summed E-state index contributed by atoms with van der Waals surface area (Å²) in [4.78, 5) is 23.9. The summed E-state index contributed by atoms with van der Waals surface area (Å²) < 4.78 is 4.27. The van der Waals surface area contributed by atoms with Gasteiger partial charge in [-0.2, -0.15) is 0 Å². The minimum atomic E-state index is -0.925. The predicted octanol–water partition coefficient (Wildman–Crippen LogP) is 0.482. The number of rotatable bonds is 2. The summed E-state index contributed by atoms with van der Waals surface area (Å²) in [6, 6.07) is 0.988. The van der Waals surface area contributed by atoms with E-state index in [4.69, 9.17) is 0 Å². The van der Waals surface area contributed by atoms with Crippen molar-refractivity contribution in [2.75, 3.05) is 7.11 Å². The number of hydrogen-bond donors (Lipinski definition) is 1. The van der Waals surface area contributed by atoms with Gasteiger partial charge in [-0.05, 0) is 0 Å². The summed E-state index contributed by atoms with van der Waals surface area (Å²) in [5.74, 6) is -1.71. The maximum absolute atomic E-state index is 10.9. The largest absolute Gasteiger partial charge is 0.500 e. The van der Waals surface area contributed by atoms with E-state index in [2.05, 4.69) is 9.72 Å². The van der Waals surface area contributed by atoms with Crippen molar-refractivity contribution in [3.05, 3.63) is 28.1 Å². The number of nitro groups is 1. The van der Waals surface area contributed by atoms with Gasteiger partial charge in [0.05, 0.1) is 12.0 Å². The molecule has 0 fully saturated rings. The molecule has 14 heavy (non-hydrogen) atoms. The van der Waals surface area contributed by atoms with Crippen molar-refractivity contribution < 1.29 is 19.6 Å². The van der Waals surface area contributed by atoms with Crippen molar-refractivity contribution in [1.82, 2.24) is 4.98 Å². The fraction of sp³-hybridized carbons (Fsp3) is 0.143. The van der Waals surface area contributed by atoms with Gasteiger partial charge in [0.2, 0.25) is 5.75 Å². The Morgan fingerprint density at radius 3 is 2.86 bits per heavy atom. The van der Waals surface area contributed by atoms with Crippen LogP contribution in [-0.4, -0.2) is 28.1 Å². The molecule has 0 aliphatic carbocycles. The lowest BCUT2D eigenvalue weighted by atomic mass is 10.3. The van der Waals surface area contributed by atoms with Gasteiger partial charge in [-0.15, -0.1) is 0 Å². The molecule has 1 rings (SSSR count). The lowest BCUT2D eigenvalue weighted by Gasteiger charge is -2.00. The minimum absolute atomic E-state index is 0.471. The molecule has 1 N–H and O–H groups in total. The smallest absolute Gasteiger partial charge is 0.360 e. The Morgan fingerprint density at radius 1 is 1.71 bits per heavy atom. The first-order valence-corrected chi connectivity index (χ1v) is 3.48. The van der Waals surface area contributed by atoms with Gasteiger partial charge in [-0.1, -0.05) is 0 Å². The number of aromatic nitrogens is 1. The van der Waals surface area contributed by atoms with Crippen molar-refractivity contribution in [3.63, 3.8) is 0 Å². The third kappa shape index (κ3) is 1.60. The zero-order chi connectivity index (χ0) is 10.7. The molecule has 0 bridgehead atoms. The van der Waals surface area contributed by atoms with E-state index in [1.807, 2.05) is 0 Å². The summed E-state index contributed by atoms with van der Waals surface area (Å²) in [5, 5.41) is 19.6. The molecule has 0 saturated heterocycles. The van der Waals surface area contributed by atoms with E-state index in [1.54, 1.807) is 0 Å². The Labute approximate surface area is 78.1 Å². The lowest BCUT2D eigenvalue weighted by Crippen LogP contribution is -2.05. The second-order valence-electron chi connectivity index (χ2n) is 2.28. The molecule has 74 valence electrons. The fourth-order valence-corrected chi connectivity index (χ4v) is 0.837. The summed E-state index contributed by atoms with van der Waals surface area (Å²) in [7, 11) is 1.09. The molecule has 0 amide bonds. The van der Waals surface area contributed by atoms with Crippen LogP contribution in [0.1, 0.15) is 10.5 Å². The highest BCUT2D eigenvalue weighted by molar-refractivity contribution is 5.91. The number of carbonyl (C=O) groups excluding carboxylic acids is 1. The van der Waals surface area contributed by atoms with E-state index >= 15 is 0 Å². The van der Waals surface area contributed by atoms with Gasteiger partial charge in [0, 0.05) is 12.3 Å². The van der Waals surface area contributed by atoms with Crippen molar-refractivity contribution in [2.45, 2.75) is 0 Å². The highest BCUT2D eigenvalue weighted by Crippen LogP contribution is 2.27. The molecule has 0 saturated carbocycles. The van der Waals surface area contributed by atoms with Crippen LogP contribution in [0.15, 0.2) is 12.3 Å². The van der Waals surface area contributed by atoms with Crippen LogP contribution in [0.25, 0.3) is 0 Å². The number of carbonyl (C=O) groups is 1. The SMILES string of the molecule is COC(=O)c1nccc([N+](=O)[O-])c1O. The molecule has 0 atom stereocenters. The molecule has 1 aromatic rings. The number of pyridine rings is 1. The average molecular weight is 198 g/mol. The van der Waals surface area contributed by atoms with Gasteiger partial charge in [-0.25, -0.2) is 9.78 Å². The number of methoxy groups -OCH3 is 1. The lowest BCUT2D eigenvalue weighted by molar-refractivity contribution is -0.386. The van der Waals surface area contributed by atoms with Crippen molar-refractivity contribution in [1.29, 1.82) is 0 Å². The number of nitrogens with zero attached hydrogens (tertiary/aromatic N) is 2. The van der Waals surface area contributed by atoms with Crippen molar-refractivity contribution in [3.8, 4) is 5.75 Å². The summed E-state index contributed by atoms with van der Waals surface area (Å²) in [6.45, 7) is 0. The van der Waals surface area contributed by atoms with Crippen LogP contribution in [-0.2, 0) is 4.74 Å². The topological polar surface area (TPSA) is 103 Å². The Hall–Kier alpha value is -2.18. The Bertz CT molecular complexity index is 390. The van der Waals surface area contributed by atoms with Gasteiger partial charge >= 0.3 is 11.7 Å². The van der Waals surface area contributed by atoms with Gasteiger partial charge in [0.25, 0.3) is 0 Å². The van der Waals surface area contributed by atoms with E-state index in [9.17, 15) is 20.0 Å². The Balaban J connectivity index is 3.27. The first-order valence-electron chi connectivity index (χ1n) is 3.48. The Kier molecular flexibility index (Phi) is 2.61. The number of aromatic hydroxyl groups is 1. The molecule has 0 radical (unpaired) electrons. The van der Waals surface area contributed by atoms with E-state index in [-0.39, 0.29) is 0 Å². The van der Waals surface area contributed by atoms with Gasteiger partial charge in [-0.3, -0.25) is 10.1 Å². The second kappa shape index (κ2) is 3.69. The average Bonchev–Trinajstić information content (AvgIpc) is 2.16. The molecule has 7 heteroatoms. The standard InChI is InChI=1S/C7H6N2O5/c1-14-7(11)5-6(10)4(9(12)13)2-3-8-5/h2-3,10H,1H3.